The third-order valence-electron chi connectivity index (χ3n) is 2.38. The van der Waals surface area contributed by atoms with Crippen molar-refractivity contribution in [2.75, 3.05) is 0 Å². The predicted molar refractivity (Wildman–Crippen MR) is 67.9 cm³/mol. The number of benzene rings is 1. The van der Waals surface area contributed by atoms with E-state index < -0.39 is 23.7 Å². The molecule has 0 aromatic heterocycles. The summed E-state index contributed by atoms with van der Waals surface area (Å²) in [5.74, 6) is -2.27. The molecule has 0 saturated carbocycles. The summed E-state index contributed by atoms with van der Waals surface area (Å²) in [4.78, 5) is 22.7. The van der Waals surface area contributed by atoms with Crippen molar-refractivity contribution in [3.63, 3.8) is 0 Å². The lowest BCUT2D eigenvalue weighted by Gasteiger charge is -2.14. The number of carboxylic acid groups (broad SMARTS) is 1. The van der Waals surface area contributed by atoms with E-state index in [0.29, 0.717) is 12.8 Å². The maximum absolute atomic E-state index is 13.2. The number of carbonyl (C=O) groups excluding carboxylic acids is 1. The largest absolute Gasteiger partial charge is 0.480 e. The first kappa shape index (κ1) is 14.6. The van der Waals surface area contributed by atoms with Gasteiger partial charge in [0, 0.05) is 0 Å². The van der Waals surface area contributed by atoms with Gasteiger partial charge in [-0.1, -0.05) is 19.4 Å². The molecule has 2 N–H and O–H groups in total. The van der Waals surface area contributed by atoms with Crippen LogP contribution in [0.15, 0.2) is 22.7 Å². The molecule has 1 aromatic rings. The Hall–Kier alpha value is -1.43. The molecule has 0 spiro atoms. The zero-order chi connectivity index (χ0) is 13.7. The van der Waals surface area contributed by atoms with Crippen LogP contribution < -0.4 is 5.32 Å². The summed E-state index contributed by atoms with van der Waals surface area (Å²) in [6, 6.07) is 3.07. The Morgan fingerprint density at radius 3 is 2.72 bits per heavy atom. The van der Waals surface area contributed by atoms with Gasteiger partial charge in [-0.2, -0.15) is 0 Å². The highest BCUT2D eigenvalue weighted by atomic mass is 79.9. The number of aliphatic carboxylic acids is 1. The van der Waals surface area contributed by atoms with Gasteiger partial charge in [0.2, 0.25) is 0 Å². The number of rotatable bonds is 5. The van der Waals surface area contributed by atoms with E-state index >= 15 is 0 Å². The first-order chi connectivity index (χ1) is 8.47. The average Bonchev–Trinajstić information content (AvgIpc) is 2.31. The molecule has 0 heterocycles. The number of hydrogen-bond acceptors (Lipinski definition) is 2. The normalized spacial score (nSPS) is 11.9. The van der Waals surface area contributed by atoms with E-state index in [1.165, 1.54) is 18.2 Å². The van der Waals surface area contributed by atoms with E-state index in [1.54, 1.807) is 0 Å². The van der Waals surface area contributed by atoms with Crippen molar-refractivity contribution in [3.05, 3.63) is 34.1 Å². The highest BCUT2D eigenvalue weighted by molar-refractivity contribution is 9.10. The molecule has 0 unspecified atom stereocenters. The van der Waals surface area contributed by atoms with Crippen molar-refractivity contribution >= 4 is 27.8 Å². The smallest absolute Gasteiger partial charge is 0.326 e. The lowest BCUT2D eigenvalue weighted by molar-refractivity contribution is -0.139. The van der Waals surface area contributed by atoms with Crippen molar-refractivity contribution in [2.24, 2.45) is 0 Å². The van der Waals surface area contributed by atoms with Crippen molar-refractivity contribution < 1.29 is 19.1 Å². The van der Waals surface area contributed by atoms with E-state index in [1.807, 2.05) is 6.92 Å². The van der Waals surface area contributed by atoms with Crippen LogP contribution in [0, 0.1) is 5.82 Å². The van der Waals surface area contributed by atoms with Crippen LogP contribution in [-0.4, -0.2) is 23.0 Å². The Balaban J connectivity index is 2.87. The zero-order valence-electron chi connectivity index (χ0n) is 9.74. The van der Waals surface area contributed by atoms with Gasteiger partial charge in [0.25, 0.3) is 5.91 Å². The highest BCUT2D eigenvalue weighted by Crippen LogP contribution is 2.20. The molecule has 1 aromatic carbocycles. The van der Waals surface area contributed by atoms with Gasteiger partial charge >= 0.3 is 5.97 Å². The van der Waals surface area contributed by atoms with Crippen LogP contribution in [0.4, 0.5) is 4.39 Å². The van der Waals surface area contributed by atoms with Crippen LogP contribution in [0.25, 0.3) is 0 Å². The third kappa shape index (κ3) is 3.53. The summed E-state index contributed by atoms with van der Waals surface area (Å²) < 4.78 is 13.3. The Bertz CT molecular complexity index is 465. The number of carboxylic acids is 1. The fourth-order valence-electron chi connectivity index (χ4n) is 1.46. The first-order valence-electron chi connectivity index (χ1n) is 5.45. The molecular weight excluding hydrogens is 305 g/mol. The first-order valence-corrected chi connectivity index (χ1v) is 6.24. The number of halogens is 2. The van der Waals surface area contributed by atoms with Crippen LogP contribution in [0.2, 0.25) is 0 Å². The van der Waals surface area contributed by atoms with Gasteiger partial charge in [-0.25, -0.2) is 9.18 Å². The Morgan fingerprint density at radius 1 is 1.50 bits per heavy atom. The van der Waals surface area contributed by atoms with Gasteiger partial charge in [0.05, 0.1) is 10.0 Å². The summed E-state index contributed by atoms with van der Waals surface area (Å²) in [5.41, 5.74) is 0.0809. The van der Waals surface area contributed by atoms with Crippen LogP contribution in [0.1, 0.15) is 30.1 Å². The topological polar surface area (TPSA) is 66.4 Å². The minimum absolute atomic E-state index is 0.0307. The minimum Gasteiger partial charge on any atom is -0.480 e. The summed E-state index contributed by atoms with van der Waals surface area (Å²) in [6.07, 6.45) is 0.954. The molecule has 18 heavy (non-hydrogen) atoms. The predicted octanol–water partition coefficient (Wildman–Crippen LogP) is 2.57. The number of hydrogen-bond donors (Lipinski definition) is 2. The summed E-state index contributed by atoms with van der Waals surface area (Å²) in [5, 5.41) is 11.3. The van der Waals surface area contributed by atoms with Gasteiger partial charge in [-0.3, -0.25) is 4.79 Å². The number of amides is 1. The van der Waals surface area contributed by atoms with Crippen LogP contribution in [0.3, 0.4) is 0 Å². The third-order valence-corrected chi connectivity index (χ3v) is 3.18. The second-order valence-electron chi connectivity index (χ2n) is 3.75. The SMILES string of the molecule is CCC[C@@H](NC(=O)c1cccc(F)c1Br)C(=O)O. The Kier molecular flexibility index (Phi) is 5.27. The molecule has 1 atom stereocenters. The second-order valence-corrected chi connectivity index (χ2v) is 4.55. The molecule has 0 fully saturated rings. The molecule has 1 amide bonds. The highest BCUT2D eigenvalue weighted by Gasteiger charge is 2.21. The molecule has 6 heteroatoms. The van der Waals surface area contributed by atoms with E-state index in [4.69, 9.17) is 5.11 Å². The lowest BCUT2D eigenvalue weighted by Crippen LogP contribution is -2.40. The van der Waals surface area contributed by atoms with Crippen LogP contribution in [-0.2, 0) is 4.79 Å². The van der Waals surface area contributed by atoms with Crippen LogP contribution in [0.5, 0.6) is 0 Å². The molecule has 1 rings (SSSR count). The summed E-state index contributed by atoms with van der Waals surface area (Å²) in [7, 11) is 0. The maximum atomic E-state index is 13.2. The van der Waals surface area contributed by atoms with Gasteiger partial charge in [0.1, 0.15) is 11.9 Å². The van der Waals surface area contributed by atoms with Gasteiger partial charge in [-0.15, -0.1) is 0 Å². The Labute approximate surface area is 112 Å². The lowest BCUT2D eigenvalue weighted by atomic mass is 10.1. The molecule has 0 aliphatic carbocycles. The molecule has 0 radical (unpaired) electrons. The van der Waals surface area contributed by atoms with Crippen molar-refractivity contribution in [2.45, 2.75) is 25.8 Å². The fraction of sp³-hybridized carbons (Fsp3) is 0.333. The number of carbonyl (C=O) groups is 2. The molecule has 0 saturated heterocycles. The maximum Gasteiger partial charge on any atom is 0.326 e. The van der Waals surface area contributed by atoms with Crippen molar-refractivity contribution in [1.29, 1.82) is 0 Å². The molecule has 0 aliphatic heterocycles. The van der Waals surface area contributed by atoms with Gasteiger partial charge in [-0.05, 0) is 34.5 Å². The van der Waals surface area contributed by atoms with Gasteiger partial charge < -0.3 is 10.4 Å². The molecule has 0 aliphatic rings. The molecular formula is C12H13BrFNO3. The average molecular weight is 318 g/mol. The fourth-order valence-corrected chi connectivity index (χ4v) is 1.91. The zero-order valence-corrected chi connectivity index (χ0v) is 11.3. The van der Waals surface area contributed by atoms with Gasteiger partial charge in [0.15, 0.2) is 0 Å². The minimum atomic E-state index is -1.10. The standard InChI is InChI=1S/C12H13BrFNO3/c1-2-4-9(12(17)18)15-11(16)7-5-3-6-8(14)10(7)13/h3,5-6,9H,2,4H2,1H3,(H,15,16)(H,17,18)/t9-/m1/s1. The van der Waals surface area contributed by atoms with E-state index in [-0.39, 0.29) is 10.0 Å². The summed E-state index contributed by atoms with van der Waals surface area (Å²) in [6.45, 7) is 1.82. The monoisotopic (exact) mass is 317 g/mol. The second kappa shape index (κ2) is 6.49. The van der Waals surface area contributed by atoms with Crippen molar-refractivity contribution in [1.82, 2.24) is 5.32 Å². The molecule has 4 nitrogen and oxygen atoms in total. The molecule has 0 bridgehead atoms. The van der Waals surface area contributed by atoms with E-state index in [0.717, 1.165) is 0 Å². The quantitative estimate of drug-likeness (QED) is 0.877. The summed E-state index contributed by atoms with van der Waals surface area (Å²) >= 11 is 2.96. The Morgan fingerprint density at radius 2 is 2.17 bits per heavy atom. The van der Waals surface area contributed by atoms with E-state index in [2.05, 4.69) is 21.2 Å². The number of nitrogens with one attached hydrogen (secondary N) is 1. The molecule has 98 valence electrons. The van der Waals surface area contributed by atoms with Crippen LogP contribution >= 0.6 is 15.9 Å². The van der Waals surface area contributed by atoms with Crippen molar-refractivity contribution in [3.8, 4) is 0 Å². The van der Waals surface area contributed by atoms with E-state index in [9.17, 15) is 14.0 Å².